The van der Waals surface area contributed by atoms with Crippen LogP contribution in [0.3, 0.4) is 0 Å². The van der Waals surface area contributed by atoms with Gasteiger partial charge in [0.15, 0.2) is 0 Å². The minimum Gasteiger partial charge on any atom is -0.294 e. The summed E-state index contributed by atoms with van der Waals surface area (Å²) in [6, 6.07) is 7.92. The van der Waals surface area contributed by atoms with Gasteiger partial charge >= 0.3 is 0 Å². The van der Waals surface area contributed by atoms with Crippen LogP contribution in [0.25, 0.3) is 0 Å². The van der Waals surface area contributed by atoms with Crippen molar-refractivity contribution in [2.24, 2.45) is 0 Å². The summed E-state index contributed by atoms with van der Waals surface area (Å²) in [5.74, 6) is 0. The summed E-state index contributed by atoms with van der Waals surface area (Å²) in [5, 5.41) is 7.36. The quantitative estimate of drug-likeness (QED) is 0.581. The van der Waals surface area contributed by atoms with Crippen LogP contribution in [0, 0.1) is 12.3 Å². The Morgan fingerprint density at radius 3 is 2.40 bits per heavy atom. The van der Waals surface area contributed by atoms with Crippen molar-refractivity contribution in [3.05, 3.63) is 35.4 Å². The molecule has 1 aromatic carbocycles. The van der Waals surface area contributed by atoms with Gasteiger partial charge in [0.2, 0.25) is 0 Å². The molecule has 1 nitrogen and oxygen atoms in total. The maximum absolute atomic E-state index is 7.36. The second-order valence-electron chi connectivity index (χ2n) is 2.13. The van der Waals surface area contributed by atoms with Crippen LogP contribution in [0.15, 0.2) is 24.3 Å². The van der Waals surface area contributed by atoms with Crippen LogP contribution in [0.4, 0.5) is 0 Å². The fourth-order valence-electron chi connectivity index (χ4n) is 0.819. The van der Waals surface area contributed by atoms with Crippen LogP contribution in [0.5, 0.6) is 0 Å². The van der Waals surface area contributed by atoms with Crippen LogP contribution in [-0.2, 0) is 0 Å². The third-order valence-electron chi connectivity index (χ3n) is 1.38. The lowest BCUT2D eigenvalue weighted by atomic mass is 10.1. The van der Waals surface area contributed by atoms with E-state index in [9.17, 15) is 0 Å². The highest BCUT2D eigenvalue weighted by molar-refractivity contribution is 14.1. The molecule has 1 aromatic rings. The predicted octanol–water partition coefficient (Wildman–Crippen LogP) is 2.76. The lowest BCUT2D eigenvalue weighted by Crippen LogP contribution is -1.90. The SMILES string of the molecule is Cc1ccccc1C(=N)I. The lowest BCUT2D eigenvalue weighted by Gasteiger charge is -1.99. The Labute approximate surface area is 74.1 Å². The molecule has 10 heavy (non-hydrogen) atoms. The molecule has 0 aliphatic rings. The van der Waals surface area contributed by atoms with Crippen LogP contribution in [0.2, 0.25) is 0 Å². The van der Waals surface area contributed by atoms with Crippen molar-refractivity contribution in [2.45, 2.75) is 6.92 Å². The van der Waals surface area contributed by atoms with E-state index in [2.05, 4.69) is 0 Å². The third-order valence-corrected chi connectivity index (χ3v) is 1.96. The van der Waals surface area contributed by atoms with Crippen molar-refractivity contribution >= 4 is 26.3 Å². The molecular weight excluding hydrogens is 237 g/mol. The van der Waals surface area contributed by atoms with E-state index in [1.165, 1.54) is 5.56 Å². The molecule has 0 fully saturated rings. The number of halogens is 1. The Morgan fingerprint density at radius 2 is 2.00 bits per heavy atom. The van der Waals surface area contributed by atoms with Crippen LogP contribution in [0.1, 0.15) is 11.1 Å². The first-order valence-corrected chi connectivity index (χ1v) is 4.10. The number of benzene rings is 1. The summed E-state index contributed by atoms with van der Waals surface area (Å²) in [6.07, 6.45) is 0. The summed E-state index contributed by atoms with van der Waals surface area (Å²) in [5.41, 5.74) is 2.20. The van der Waals surface area contributed by atoms with Gasteiger partial charge in [0.1, 0.15) is 0 Å². The third kappa shape index (κ3) is 1.56. The van der Waals surface area contributed by atoms with Crippen molar-refractivity contribution < 1.29 is 0 Å². The average Bonchev–Trinajstić information content (AvgIpc) is 1.88. The van der Waals surface area contributed by atoms with Gasteiger partial charge in [-0.3, -0.25) is 5.41 Å². The summed E-state index contributed by atoms with van der Waals surface area (Å²) in [6.45, 7) is 2.02. The van der Waals surface area contributed by atoms with Crippen molar-refractivity contribution in [1.82, 2.24) is 0 Å². The van der Waals surface area contributed by atoms with E-state index in [-0.39, 0.29) is 0 Å². The molecule has 0 aromatic heterocycles. The Hall–Kier alpha value is -0.380. The van der Waals surface area contributed by atoms with E-state index in [1.807, 2.05) is 53.8 Å². The molecule has 0 radical (unpaired) electrons. The minimum absolute atomic E-state index is 0.607. The van der Waals surface area contributed by atoms with Gasteiger partial charge in [-0.05, 0) is 35.1 Å². The minimum atomic E-state index is 0.607. The van der Waals surface area contributed by atoms with Gasteiger partial charge < -0.3 is 0 Å². The summed E-state index contributed by atoms with van der Waals surface area (Å²) >= 11 is 2.02. The molecule has 0 saturated heterocycles. The van der Waals surface area contributed by atoms with Gasteiger partial charge in [-0.1, -0.05) is 24.3 Å². The molecular formula is C8H8IN. The van der Waals surface area contributed by atoms with Crippen molar-refractivity contribution in [1.29, 1.82) is 5.41 Å². The molecule has 1 N–H and O–H groups in total. The molecule has 0 saturated carbocycles. The Morgan fingerprint density at radius 1 is 1.40 bits per heavy atom. The fraction of sp³-hybridized carbons (Fsp3) is 0.125. The van der Waals surface area contributed by atoms with E-state index >= 15 is 0 Å². The second-order valence-corrected chi connectivity index (χ2v) is 3.21. The van der Waals surface area contributed by atoms with E-state index in [1.54, 1.807) is 0 Å². The number of rotatable bonds is 1. The molecule has 52 valence electrons. The Balaban J connectivity index is 3.15. The highest BCUT2D eigenvalue weighted by Crippen LogP contribution is 2.10. The highest BCUT2D eigenvalue weighted by atomic mass is 127. The van der Waals surface area contributed by atoms with E-state index in [4.69, 9.17) is 5.41 Å². The molecule has 0 heterocycles. The van der Waals surface area contributed by atoms with E-state index in [0.29, 0.717) is 3.72 Å². The van der Waals surface area contributed by atoms with Crippen molar-refractivity contribution in [2.75, 3.05) is 0 Å². The normalized spacial score (nSPS) is 9.40. The van der Waals surface area contributed by atoms with Gasteiger partial charge in [-0.2, -0.15) is 0 Å². The van der Waals surface area contributed by atoms with Crippen molar-refractivity contribution in [3.8, 4) is 0 Å². The van der Waals surface area contributed by atoms with E-state index in [0.717, 1.165) is 5.56 Å². The standard InChI is InChI=1S/C8H8IN/c1-6-4-2-3-5-7(6)8(9)10/h2-5,10H,1H3. The van der Waals surface area contributed by atoms with Gasteiger partial charge in [-0.25, -0.2) is 0 Å². The van der Waals surface area contributed by atoms with Crippen molar-refractivity contribution in [3.63, 3.8) is 0 Å². The number of nitrogens with one attached hydrogen (secondary N) is 1. The fourth-order valence-corrected chi connectivity index (χ4v) is 1.42. The zero-order valence-corrected chi connectivity index (χ0v) is 7.84. The molecule has 0 atom stereocenters. The number of aryl methyl sites for hydroxylation is 1. The molecule has 0 bridgehead atoms. The first-order valence-electron chi connectivity index (χ1n) is 3.02. The molecule has 0 unspecified atom stereocenters. The highest BCUT2D eigenvalue weighted by Gasteiger charge is 1.97. The second kappa shape index (κ2) is 3.14. The number of hydrogen-bond acceptors (Lipinski definition) is 1. The average molecular weight is 245 g/mol. The first-order chi connectivity index (χ1) is 4.72. The van der Waals surface area contributed by atoms with Crippen LogP contribution < -0.4 is 0 Å². The maximum atomic E-state index is 7.36. The van der Waals surface area contributed by atoms with Crippen LogP contribution >= 0.6 is 22.6 Å². The van der Waals surface area contributed by atoms with Crippen LogP contribution in [-0.4, -0.2) is 3.72 Å². The zero-order valence-electron chi connectivity index (χ0n) is 5.69. The topological polar surface area (TPSA) is 23.9 Å². The molecule has 2 heteroatoms. The molecule has 1 rings (SSSR count). The number of hydrogen-bond donors (Lipinski definition) is 1. The van der Waals surface area contributed by atoms with Gasteiger partial charge in [0, 0.05) is 5.56 Å². The Bertz CT molecular complexity index is 255. The molecule has 0 spiro atoms. The van der Waals surface area contributed by atoms with Gasteiger partial charge in [0.25, 0.3) is 0 Å². The molecule has 0 aliphatic carbocycles. The maximum Gasteiger partial charge on any atom is 0.0994 e. The first kappa shape index (κ1) is 7.72. The van der Waals surface area contributed by atoms with Gasteiger partial charge in [0.05, 0.1) is 3.72 Å². The summed E-state index contributed by atoms with van der Waals surface area (Å²) in [7, 11) is 0. The smallest absolute Gasteiger partial charge is 0.0994 e. The monoisotopic (exact) mass is 245 g/mol. The lowest BCUT2D eigenvalue weighted by molar-refractivity contribution is 1.43. The predicted molar refractivity (Wildman–Crippen MR) is 52.0 cm³/mol. The summed E-state index contributed by atoms with van der Waals surface area (Å²) in [4.78, 5) is 0. The van der Waals surface area contributed by atoms with Gasteiger partial charge in [-0.15, -0.1) is 0 Å². The largest absolute Gasteiger partial charge is 0.294 e. The molecule has 0 amide bonds. The Kier molecular flexibility index (Phi) is 2.43. The zero-order chi connectivity index (χ0) is 7.56. The molecule has 0 aliphatic heterocycles. The summed E-state index contributed by atoms with van der Waals surface area (Å²) < 4.78 is 0.607. The van der Waals surface area contributed by atoms with E-state index < -0.39 is 0 Å².